The average Bonchev–Trinajstić information content (AvgIpc) is 1.27. The van der Waals surface area contributed by atoms with Crippen molar-refractivity contribution in [3.05, 3.63) is 300 Å². The van der Waals surface area contributed by atoms with Crippen LogP contribution in [0, 0.1) is 0 Å². The summed E-state index contributed by atoms with van der Waals surface area (Å²) >= 11 is 0. The summed E-state index contributed by atoms with van der Waals surface area (Å²) in [5, 5.41) is 4.43. The summed E-state index contributed by atoms with van der Waals surface area (Å²) in [7, 11) is 0. The quantitative estimate of drug-likeness (QED) is 0.151. The average molecular weight is 1050 g/mol. The molecule has 0 N–H and O–H groups in total. The Labute approximate surface area is 472 Å². The second kappa shape index (κ2) is 18.4. The maximum atomic E-state index is 6.39. The number of hydrogen-bond donors (Lipinski definition) is 0. The molecule has 0 aliphatic heterocycles. The SMILES string of the molecule is c1ccc(-c2nc(-c3ccc4c(c3)C3c5ccccc5C4c4cc(-c5cc(-c6ccccc6-c6ccc7c(c6)oc6ccccc67)nc(-c6ccccc6)n5)ccc43)cc(-c3ccccc3-c3ccc4c(c3)oc3ccccc34)n2)cc1. The van der Waals surface area contributed by atoms with Crippen LogP contribution in [0.3, 0.4) is 0 Å². The van der Waals surface area contributed by atoms with Crippen molar-refractivity contribution in [2.45, 2.75) is 11.8 Å². The molecule has 0 radical (unpaired) electrons. The van der Waals surface area contributed by atoms with Crippen LogP contribution in [-0.4, -0.2) is 19.9 Å². The van der Waals surface area contributed by atoms with Crippen LogP contribution >= 0.6 is 0 Å². The lowest BCUT2D eigenvalue weighted by molar-refractivity contribution is 0.668. The minimum Gasteiger partial charge on any atom is -0.456 e. The number of hydrogen-bond acceptors (Lipinski definition) is 6. The topological polar surface area (TPSA) is 77.8 Å². The molecule has 18 rings (SSSR count). The second-order valence-electron chi connectivity index (χ2n) is 21.5. The predicted molar refractivity (Wildman–Crippen MR) is 330 cm³/mol. The van der Waals surface area contributed by atoms with Crippen molar-refractivity contribution in [2.75, 3.05) is 0 Å². The highest BCUT2D eigenvalue weighted by atomic mass is 16.3. The number of nitrogens with zero attached hydrogens (tertiary/aromatic N) is 4. The lowest BCUT2D eigenvalue weighted by Crippen LogP contribution is -2.27. The van der Waals surface area contributed by atoms with Gasteiger partial charge in [-0.2, -0.15) is 0 Å². The first kappa shape index (κ1) is 46.1. The van der Waals surface area contributed by atoms with Crippen molar-refractivity contribution in [1.82, 2.24) is 19.9 Å². The summed E-state index contributed by atoms with van der Waals surface area (Å²) in [6.45, 7) is 0. The van der Waals surface area contributed by atoms with E-state index in [0.717, 1.165) is 122 Å². The van der Waals surface area contributed by atoms with Gasteiger partial charge in [-0.1, -0.05) is 206 Å². The van der Waals surface area contributed by atoms with Gasteiger partial charge in [0.2, 0.25) is 0 Å². The van der Waals surface area contributed by atoms with Crippen LogP contribution in [0.4, 0.5) is 0 Å². The number of rotatable bonds is 8. The maximum Gasteiger partial charge on any atom is 0.160 e. The molecule has 15 aromatic rings. The molecule has 0 fully saturated rings. The summed E-state index contributed by atoms with van der Waals surface area (Å²) in [6, 6.07) is 94.6. The van der Waals surface area contributed by atoms with Gasteiger partial charge in [-0.25, -0.2) is 19.9 Å². The van der Waals surface area contributed by atoms with Crippen molar-refractivity contribution < 1.29 is 8.83 Å². The van der Waals surface area contributed by atoms with Crippen LogP contribution in [0.5, 0.6) is 0 Å². The molecule has 0 saturated heterocycles. The van der Waals surface area contributed by atoms with Gasteiger partial charge in [0.05, 0.1) is 22.8 Å². The number of fused-ring (bicyclic) bond motifs is 6. The molecule has 82 heavy (non-hydrogen) atoms. The standard InChI is InChI=1S/C76H46N4O2/c1-3-17-45(18-4-1)75-77-65(43-67(79-75)53-23-9-7-21-51(53)47-31-35-57-55-25-13-15-29-69(55)81-71(57)41-47)49-33-37-61-63(39-49)73-59-27-11-12-28-60(59)74(61)64-40-50(34-38-62(64)73)66-44-68(80-76(78-66)46-19-5-2-6-20-46)54-24-10-8-22-52(54)48-32-36-58-56-26-14-16-30-70(56)82-72(58)42-48/h1-44,73-74H. The highest BCUT2D eigenvalue weighted by Crippen LogP contribution is 2.57. The van der Waals surface area contributed by atoms with E-state index < -0.39 is 0 Å². The lowest BCUT2D eigenvalue weighted by atomic mass is 9.60. The maximum absolute atomic E-state index is 6.39. The van der Waals surface area contributed by atoms with Crippen LogP contribution in [0.25, 0.3) is 134 Å². The first-order chi connectivity index (χ1) is 40.6. The zero-order valence-corrected chi connectivity index (χ0v) is 44.2. The summed E-state index contributed by atoms with van der Waals surface area (Å²) in [5.74, 6) is 1.38. The van der Waals surface area contributed by atoms with Crippen LogP contribution < -0.4 is 0 Å². The van der Waals surface area contributed by atoms with Crippen LogP contribution in [0.2, 0.25) is 0 Å². The molecule has 382 valence electrons. The van der Waals surface area contributed by atoms with E-state index in [9.17, 15) is 0 Å². The van der Waals surface area contributed by atoms with Crippen molar-refractivity contribution in [1.29, 1.82) is 0 Å². The smallest absolute Gasteiger partial charge is 0.160 e. The Balaban J connectivity index is 0.776. The van der Waals surface area contributed by atoms with Crippen molar-refractivity contribution in [3.63, 3.8) is 0 Å². The van der Waals surface area contributed by atoms with E-state index in [2.05, 4.69) is 206 Å². The van der Waals surface area contributed by atoms with Gasteiger partial charge >= 0.3 is 0 Å². The molecule has 4 aromatic heterocycles. The van der Waals surface area contributed by atoms with Crippen LogP contribution in [-0.2, 0) is 0 Å². The summed E-state index contributed by atoms with van der Waals surface area (Å²) in [5.41, 5.74) is 25.1. The van der Waals surface area contributed by atoms with E-state index in [4.69, 9.17) is 28.8 Å². The lowest BCUT2D eigenvalue weighted by Gasteiger charge is -2.42. The Bertz CT molecular complexity index is 4760. The Morgan fingerprint density at radius 2 is 0.573 bits per heavy atom. The zero-order valence-electron chi connectivity index (χ0n) is 44.2. The minimum absolute atomic E-state index is 0.0146. The zero-order chi connectivity index (χ0) is 53.8. The van der Waals surface area contributed by atoms with Gasteiger partial charge < -0.3 is 8.83 Å². The van der Waals surface area contributed by atoms with E-state index in [1.165, 1.54) is 33.4 Å². The molecule has 0 amide bonds. The van der Waals surface area contributed by atoms with Crippen molar-refractivity contribution in [2.24, 2.45) is 0 Å². The predicted octanol–water partition coefficient (Wildman–Crippen LogP) is 19.4. The molecule has 2 atom stereocenters. The summed E-state index contributed by atoms with van der Waals surface area (Å²) in [4.78, 5) is 21.4. The van der Waals surface area contributed by atoms with E-state index in [-0.39, 0.29) is 11.8 Å². The largest absolute Gasteiger partial charge is 0.456 e. The Hall–Kier alpha value is -10.8. The first-order valence-electron chi connectivity index (χ1n) is 27.9. The highest BCUT2D eigenvalue weighted by Gasteiger charge is 2.41. The monoisotopic (exact) mass is 1050 g/mol. The molecule has 2 bridgehead atoms. The highest BCUT2D eigenvalue weighted by molar-refractivity contribution is 6.07. The third-order valence-corrected chi connectivity index (χ3v) is 16.9. The van der Waals surface area contributed by atoms with Gasteiger partial charge in [-0.15, -0.1) is 0 Å². The second-order valence-corrected chi connectivity index (χ2v) is 21.5. The Morgan fingerprint density at radius 3 is 1.04 bits per heavy atom. The fourth-order valence-electron chi connectivity index (χ4n) is 13.1. The van der Waals surface area contributed by atoms with E-state index in [0.29, 0.717) is 11.6 Å². The van der Waals surface area contributed by atoms with Gasteiger partial charge in [0.15, 0.2) is 11.6 Å². The minimum atomic E-state index is 0.0146. The summed E-state index contributed by atoms with van der Waals surface area (Å²) in [6.07, 6.45) is 0. The summed E-state index contributed by atoms with van der Waals surface area (Å²) < 4.78 is 12.8. The first-order valence-corrected chi connectivity index (χ1v) is 27.9. The molecule has 2 unspecified atom stereocenters. The molecular weight excluding hydrogens is 1000 g/mol. The molecule has 6 heteroatoms. The number of furan rings is 2. The molecule has 11 aromatic carbocycles. The van der Waals surface area contributed by atoms with Gasteiger partial charge in [0, 0.05) is 66.8 Å². The fourth-order valence-corrected chi connectivity index (χ4v) is 13.1. The number of benzene rings is 11. The fraction of sp³-hybridized carbons (Fsp3) is 0.0263. The van der Waals surface area contributed by atoms with E-state index in [1.807, 2.05) is 60.7 Å². The van der Waals surface area contributed by atoms with E-state index in [1.54, 1.807) is 0 Å². The molecule has 3 aliphatic rings. The van der Waals surface area contributed by atoms with Crippen LogP contribution in [0.15, 0.2) is 276 Å². The third-order valence-electron chi connectivity index (χ3n) is 16.9. The van der Waals surface area contributed by atoms with Crippen molar-refractivity contribution >= 4 is 43.9 Å². The van der Waals surface area contributed by atoms with Crippen molar-refractivity contribution in [3.8, 4) is 90.1 Å². The number of aromatic nitrogens is 4. The van der Waals surface area contributed by atoms with Gasteiger partial charge in [-0.05, 0) is 116 Å². The molecule has 0 spiro atoms. The molecule has 4 heterocycles. The molecule has 6 nitrogen and oxygen atoms in total. The number of para-hydroxylation sites is 2. The van der Waals surface area contributed by atoms with Gasteiger partial charge in [0.1, 0.15) is 22.3 Å². The molecule has 0 saturated carbocycles. The van der Waals surface area contributed by atoms with E-state index >= 15 is 0 Å². The third kappa shape index (κ3) is 7.42. The molecular formula is C76H46N4O2. The van der Waals surface area contributed by atoms with Gasteiger partial charge in [0.25, 0.3) is 0 Å². The Morgan fingerprint density at radius 1 is 0.220 bits per heavy atom. The van der Waals surface area contributed by atoms with Gasteiger partial charge in [-0.3, -0.25) is 0 Å². The Kier molecular flexibility index (Phi) is 10.3. The molecule has 3 aliphatic carbocycles. The van der Waals surface area contributed by atoms with Crippen LogP contribution in [0.1, 0.15) is 45.2 Å². The normalized spacial score (nSPS) is 14.1.